The first kappa shape index (κ1) is 50.6. The number of nitrogens with one attached hydrogen (secondary N) is 1. The summed E-state index contributed by atoms with van der Waals surface area (Å²) in [5.41, 5.74) is 1.05. The average Bonchev–Trinajstić information content (AvgIpc) is 3.25. The first-order chi connectivity index (χ1) is 29.4. The van der Waals surface area contributed by atoms with Gasteiger partial charge in [-0.1, -0.05) is 48.5 Å². The Hall–Kier alpha value is -3.72. The van der Waals surface area contributed by atoms with Crippen LogP contribution >= 0.6 is 0 Å². The van der Waals surface area contributed by atoms with Crippen LogP contribution < -0.4 is 5.32 Å². The van der Waals surface area contributed by atoms with Gasteiger partial charge >= 0.3 is 12.1 Å². The second-order valence-corrected chi connectivity index (χ2v) is 12.5. The van der Waals surface area contributed by atoms with Crippen LogP contribution in [0.3, 0.4) is 0 Å². The monoisotopic (exact) mass is 855 g/mol. The Kier molecular flexibility index (Phi) is 28.6. The quantitative estimate of drug-likeness (QED) is 0.0534. The van der Waals surface area contributed by atoms with Crippen LogP contribution in [0.15, 0.2) is 78.9 Å². The fourth-order valence-corrected chi connectivity index (χ4v) is 4.93. The van der Waals surface area contributed by atoms with Crippen molar-refractivity contribution in [3.05, 3.63) is 95.6 Å². The largest absolute Gasteiger partial charge is 0.460 e. The molecule has 0 saturated heterocycles. The average molecular weight is 856 g/mol. The van der Waals surface area contributed by atoms with Gasteiger partial charge in [-0.15, -0.1) is 0 Å². The van der Waals surface area contributed by atoms with Crippen LogP contribution in [0.4, 0.5) is 24.5 Å². The number of ether oxygens (including phenoxy) is 12. The van der Waals surface area contributed by atoms with Crippen LogP contribution in [0, 0.1) is 0 Å². The molecule has 0 radical (unpaired) electrons. The lowest BCUT2D eigenvalue weighted by atomic mass is 10.1. The van der Waals surface area contributed by atoms with Crippen molar-refractivity contribution in [2.45, 2.75) is 12.8 Å². The maximum atomic E-state index is 13.1. The fraction of sp³-hybridized carbons (Fsp3) is 0.558. The van der Waals surface area contributed by atoms with Crippen molar-refractivity contribution in [2.75, 3.05) is 151 Å². The van der Waals surface area contributed by atoms with Gasteiger partial charge in [0, 0.05) is 5.69 Å². The van der Waals surface area contributed by atoms with Crippen LogP contribution in [0.1, 0.15) is 21.5 Å². The van der Waals surface area contributed by atoms with Crippen LogP contribution in [0.25, 0.3) is 0 Å². The zero-order chi connectivity index (χ0) is 42.6. The molecule has 0 aromatic heterocycles. The van der Waals surface area contributed by atoms with Gasteiger partial charge in [0.1, 0.15) is 6.61 Å². The Morgan fingerprint density at radius 3 is 1.25 bits per heavy atom. The third-order valence-electron chi connectivity index (χ3n) is 7.91. The van der Waals surface area contributed by atoms with Gasteiger partial charge in [-0.25, -0.2) is 4.79 Å². The maximum Gasteiger partial charge on any atom is 0.416 e. The summed E-state index contributed by atoms with van der Waals surface area (Å²) in [6.07, 6.45) is -4.48. The van der Waals surface area contributed by atoms with Crippen LogP contribution in [-0.2, 0) is 69.6 Å². The molecule has 0 aliphatic rings. The zero-order valence-corrected chi connectivity index (χ0v) is 34.2. The molecule has 17 heteroatoms. The van der Waals surface area contributed by atoms with E-state index in [-0.39, 0.29) is 24.5 Å². The molecule has 0 atom stereocenters. The van der Waals surface area contributed by atoms with E-state index >= 15 is 0 Å². The lowest BCUT2D eigenvalue weighted by Gasteiger charge is -2.13. The summed E-state index contributed by atoms with van der Waals surface area (Å²) < 4.78 is 105. The third-order valence-corrected chi connectivity index (χ3v) is 7.91. The second-order valence-electron chi connectivity index (χ2n) is 12.5. The molecule has 0 spiro atoms. The van der Waals surface area contributed by atoms with E-state index in [0.29, 0.717) is 144 Å². The number of carbonyl (C=O) groups is 1. The number of rotatable bonds is 38. The topological polar surface area (TPSA) is 140 Å². The van der Waals surface area contributed by atoms with Crippen molar-refractivity contribution < 1.29 is 74.8 Å². The highest BCUT2D eigenvalue weighted by Gasteiger charge is 2.30. The molecule has 0 unspecified atom stereocenters. The van der Waals surface area contributed by atoms with Gasteiger partial charge in [0.2, 0.25) is 0 Å². The molecule has 0 fully saturated rings. The summed E-state index contributed by atoms with van der Waals surface area (Å²) in [7, 11) is 0. The Balaban J connectivity index is 0.969. The molecule has 3 aromatic carbocycles. The molecule has 0 heterocycles. The Labute approximate surface area is 350 Å². The Morgan fingerprint density at radius 1 is 0.433 bits per heavy atom. The number of halogens is 3. The molecule has 0 aliphatic carbocycles. The van der Waals surface area contributed by atoms with Crippen molar-refractivity contribution in [3.8, 4) is 0 Å². The summed E-state index contributed by atoms with van der Waals surface area (Å²) >= 11 is 0. The highest BCUT2D eigenvalue weighted by molar-refractivity contribution is 5.96. The molecular formula is C43H60F3NO13. The molecule has 1 N–H and O–H groups in total. The van der Waals surface area contributed by atoms with Crippen LogP contribution in [0.5, 0.6) is 0 Å². The smallest absolute Gasteiger partial charge is 0.416 e. The minimum atomic E-state index is -4.48. The molecule has 0 saturated carbocycles. The molecule has 0 amide bonds. The predicted molar refractivity (Wildman–Crippen MR) is 216 cm³/mol. The van der Waals surface area contributed by atoms with E-state index in [0.717, 1.165) is 17.7 Å². The molecule has 3 rings (SSSR count). The van der Waals surface area contributed by atoms with Gasteiger partial charge in [0.15, 0.2) is 0 Å². The highest BCUT2D eigenvalue weighted by atomic mass is 19.4. The van der Waals surface area contributed by atoms with E-state index in [2.05, 4.69) is 5.32 Å². The van der Waals surface area contributed by atoms with E-state index in [1.165, 1.54) is 18.2 Å². The summed E-state index contributed by atoms with van der Waals surface area (Å²) in [5, 5.41) is 2.86. The summed E-state index contributed by atoms with van der Waals surface area (Å²) in [5.74, 6) is -0.630. The number of para-hydroxylation sites is 1. The number of carbonyl (C=O) groups excluding carboxylic acids is 1. The Morgan fingerprint density at radius 2 is 0.817 bits per heavy atom. The SMILES string of the molecule is O=C(OCCOCCOCCOCCOCCOCCOCCOCCOCCOCCOCCOCc1ccccc1)c1ccccc1Nc1cccc(C(F)(F)F)c1. The number of hydrogen-bond acceptors (Lipinski definition) is 14. The summed E-state index contributed by atoms with van der Waals surface area (Å²) in [6.45, 7) is 9.86. The van der Waals surface area contributed by atoms with Crippen LogP contribution in [0.2, 0.25) is 0 Å². The van der Waals surface area contributed by atoms with Crippen molar-refractivity contribution in [1.82, 2.24) is 0 Å². The number of esters is 1. The number of anilines is 2. The van der Waals surface area contributed by atoms with E-state index in [9.17, 15) is 18.0 Å². The molecule has 0 bridgehead atoms. The van der Waals surface area contributed by atoms with Gasteiger partial charge in [0.25, 0.3) is 0 Å². The number of hydrogen-bond donors (Lipinski definition) is 1. The first-order valence-electron chi connectivity index (χ1n) is 20.0. The lowest BCUT2D eigenvalue weighted by molar-refractivity contribution is -0.137. The minimum absolute atomic E-state index is 0.00424. The highest BCUT2D eigenvalue weighted by Crippen LogP contribution is 2.32. The van der Waals surface area contributed by atoms with E-state index in [4.69, 9.17) is 56.8 Å². The first-order valence-corrected chi connectivity index (χ1v) is 20.0. The van der Waals surface area contributed by atoms with Crippen molar-refractivity contribution in [3.63, 3.8) is 0 Å². The lowest BCUT2D eigenvalue weighted by Crippen LogP contribution is -2.16. The molecule has 14 nitrogen and oxygen atoms in total. The van der Waals surface area contributed by atoms with E-state index in [1.54, 1.807) is 18.2 Å². The molecular weight excluding hydrogens is 795 g/mol. The van der Waals surface area contributed by atoms with Gasteiger partial charge in [-0.05, 0) is 35.9 Å². The van der Waals surface area contributed by atoms with Crippen LogP contribution in [-0.4, -0.2) is 151 Å². The molecule has 336 valence electrons. The van der Waals surface area contributed by atoms with Gasteiger partial charge in [-0.2, -0.15) is 13.2 Å². The molecule has 3 aromatic rings. The third kappa shape index (κ3) is 25.8. The minimum Gasteiger partial charge on any atom is -0.460 e. The summed E-state index contributed by atoms with van der Waals surface area (Å²) in [6, 6.07) is 21.2. The van der Waals surface area contributed by atoms with Crippen molar-refractivity contribution in [2.24, 2.45) is 0 Å². The van der Waals surface area contributed by atoms with E-state index < -0.39 is 17.7 Å². The molecule has 60 heavy (non-hydrogen) atoms. The fourth-order valence-electron chi connectivity index (χ4n) is 4.93. The number of benzene rings is 3. The standard InChI is InChI=1S/C43H60F3NO13/c44-43(45,46)38-9-6-10-39(35-38)47-41-12-5-4-11-40(41)42(48)60-34-33-58-30-29-56-26-25-54-22-21-52-18-17-50-14-13-49-15-16-51-19-20-53-23-24-55-27-28-57-31-32-59-36-37-7-2-1-3-8-37/h1-12,35,47H,13-34,36H2. The molecule has 0 aliphatic heterocycles. The van der Waals surface area contributed by atoms with Gasteiger partial charge in [-0.3, -0.25) is 0 Å². The summed E-state index contributed by atoms with van der Waals surface area (Å²) in [4.78, 5) is 12.6. The predicted octanol–water partition coefficient (Wildman–Crippen LogP) is 5.99. The van der Waals surface area contributed by atoms with Gasteiger partial charge in [0.05, 0.1) is 162 Å². The van der Waals surface area contributed by atoms with Gasteiger partial charge < -0.3 is 62.2 Å². The van der Waals surface area contributed by atoms with Crippen molar-refractivity contribution in [1.29, 1.82) is 0 Å². The Bertz CT molecular complexity index is 1490. The normalized spacial score (nSPS) is 11.6. The number of alkyl halides is 3. The van der Waals surface area contributed by atoms with Crippen molar-refractivity contribution >= 4 is 17.3 Å². The zero-order valence-electron chi connectivity index (χ0n) is 34.2. The van der Waals surface area contributed by atoms with E-state index in [1.807, 2.05) is 30.3 Å². The second kappa shape index (κ2) is 33.9. The maximum absolute atomic E-state index is 13.1.